The van der Waals surface area contributed by atoms with Gasteiger partial charge in [0, 0.05) is 33.3 Å². The van der Waals surface area contributed by atoms with Gasteiger partial charge in [-0.25, -0.2) is 0 Å². The molecule has 0 bridgehead atoms. The second-order valence-electron chi connectivity index (χ2n) is 8.04. The van der Waals surface area contributed by atoms with Gasteiger partial charge < -0.3 is 19.5 Å². The van der Waals surface area contributed by atoms with Crippen LogP contribution in [0.3, 0.4) is 0 Å². The van der Waals surface area contributed by atoms with Gasteiger partial charge in [0.25, 0.3) is 0 Å². The van der Waals surface area contributed by atoms with Crippen LogP contribution in [0.5, 0.6) is 5.75 Å². The lowest BCUT2D eigenvalue weighted by Gasteiger charge is -2.31. The third-order valence-corrected chi connectivity index (χ3v) is 5.78. The van der Waals surface area contributed by atoms with Gasteiger partial charge in [-0.2, -0.15) is 0 Å². The van der Waals surface area contributed by atoms with Crippen LogP contribution in [0.1, 0.15) is 44.1 Å². The number of aliphatic hydroxyl groups is 1. The summed E-state index contributed by atoms with van der Waals surface area (Å²) in [6.45, 7) is 6.40. The van der Waals surface area contributed by atoms with E-state index in [0.717, 1.165) is 51.3 Å². The summed E-state index contributed by atoms with van der Waals surface area (Å²) in [5.74, 6) is 0.856. The highest BCUT2D eigenvalue weighted by Gasteiger charge is 2.19. The molecule has 3 rings (SSSR count). The van der Waals surface area contributed by atoms with E-state index in [2.05, 4.69) is 21.9 Å². The number of hydrogen-bond donors (Lipinski definition) is 1. The van der Waals surface area contributed by atoms with Crippen molar-refractivity contribution in [2.24, 2.45) is 0 Å². The minimum Gasteiger partial charge on any atom is -0.491 e. The van der Waals surface area contributed by atoms with E-state index in [-0.39, 0.29) is 0 Å². The van der Waals surface area contributed by atoms with Crippen molar-refractivity contribution in [2.75, 3.05) is 46.4 Å². The second kappa shape index (κ2) is 11.0. The van der Waals surface area contributed by atoms with Crippen LogP contribution >= 0.6 is 0 Å². The standard InChI is InChI=1S/C22H36N2O3/c1-26-21-9-13-24(14-10-21)16-19-7-6-8-22(15-19)27-18-20(25)17-23-11-4-2-3-5-12-23/h6-8,15,20-21,25H,2-5,9-14,16-18H2,1H3/t20-/m1/s1. The molecule has 1 aromatic rings. The summed E-state index contributed by atoms with van der Waals surface area (Å²) in [6.07, 6.45) is 7.33. The van der Waals surface area contributed by atoms with Crippen LogP contribution in [-0.2, 0) is 11.3 Å². The van der Waals surface area contributed by atoms with Crippen LogP contribution in [0.2, 0.25) is 0 Å². The fraction of sp³-hybridized carbons (Fsp3) is 0.727. The van der Waals surface area contributed by atoms with E-state index in [1.54, 1.807) is 0 Å². The van der Waals surface area contributed by atoms with E-state index in [1.807, 2.05) is 19.2 Å². The number of benzene rings is 1. The molecule has 2 aliphatic heterocycles. The summed E-state index contributed by atoms with van der Waals surface area (Å²) in [5, 5.41) is 10.3. The Bertz CT molecular complexity index is 538. The summed E-state index contributed by atoms with van der Waals surface area (Å²) in [5.41, 5.74) is 1.27. The van der Waals surface area contributed by atoms with Crippen molar-refractivity contribution in [3.8, 4) is 5.75 Å². The van der Waals surface area contributed by atoms with Crippen molar-refractivity contribution in [1.29, 1.82) is 0 Å². The number of piperidine rings is 1. The lowest BCUT2D eigenvalue weighted by atomic mass is 10.1. The first kappa shape index (κ1) is 20.6. The maximum atomic E-state index is 10.3. The first-order valence-corrected chi connectivity index (χ1v) is 10.6. The second-order valence-corrected chi connectivity index (χ2v) is 8.04. The molecular formula is C22H36N2O3. The van der Waals surface area contributed by atoms with E-state index in [0.29, 0.717) is 19.3 Å². The van der Waals surface area contributed by atoms with Crippen molar-refractivity contribution < 1.29 is 14.6 Å². The normalized spacial score (nSPS) is 21.7. The summed E-state index contributed by atoms with van der Waals surface area (Å²) in [7, 11) is 1.81. The van der Waals surface area contributed by atoms with Crippen molar-refractivity contribution >= 4 is 0 Å². The minimum absolute atomic E-state index is 0.360. The number of β-amino-alcohol motifs (C(OH)–C–C–N with tert-alkyl or cyclic N) is 1. The van der Waals surface area contributed by atoms with Crippen molar-refractivity contribution in [3.05, 3.63) is 29.8 Å². The maximum Gasteiger partial charge on any atom is 0.119 e. The third-order valence-electron chi connectivity index (χ3n) is 5.78. The van der Waals surface area contributed by atoms with Crippen molar-refractivity contribution in [1.82, 2.24) is 9.80 Å². The number of hydrogen-bond acceptors (Lipinski definition) is 5. The van der Waals surface area contributed by atoms with Crippen LogP contribution in [0, 0.1) is 0 Å². The Hall–Kier alpha value is -1.14. The van der Waals surface area contributed by atoms with Gasteiger partial charge in [-0.1, -0.05) is 25.0 Å². The van der Waals surface area contributed by atoms with Crippen LogP contribution in [0.4, 0.5) is 0 Å². The SMILES string of the molecule is COC1CCN(Cc2cccc(OC[C@H](O)CN3CCCCCC3)c2)CC1. The molecule has 2 aliphatic rings. The predicted molar refractivity (Wildman–Crippen MR) is 108 cm³/mol. The van der Waals surface area contributed by atoms with Gasteiger partial charge in [-0.05, 0) is 56.5 Å². The molecule has 2 heterocycles. The largest absolute Gasteiger partial charge is 0.491 e. The summed E-state index contributed by atoms with van der Waals surface area (Å²) < 4.78 is 11.3. The zero-order valence-electron chi connectivity index (χ0n) is 16.8. The molecule has 0 saturated carbocycles. The van der Waals surface area contributed by atoms with E-state index < -0.39 is 6.10 Å². The average molecular weight is 377 g/mol. The number of aliphatic hydroxyl groups excluding tert-OH is 1. The summed E-state index contributed by atoms with van der Waals surface area (Å²) >= 11 is 0. The Kier molecular flexibility index (Phi) is 8.39. The summed E-state index contributed by atoms with van der Waals surface area (Å²) in [6, 6.07) is 8.30. The fourth-order valence-corrected chi connectivity index (χ4v) is 4.16. The first-order valence-electron chi connectivity index (χ1n) is 10.6. The molecular weight excluding hydrogens is 340 g/mol. The predicted octanol–water partition coefficient (Wildman–Crippen LogP) is 2.91. The van der Waals surface area contributed by atoms with Crippen molar-refractivity contribution in [3.63, 3.8) is 0 Å². The molecule has 0 spiro atoms. The van der Waals surface area contributed by atoms with E-state index in [9.17, 15) is 5.11 Å². The highest BCUT2D eigenvalue weighted by atomic mass is 16.5. The molecule has 0 amide bonds. The lowest BCUT2D eigenvalue weighted by molar-refractivity contribution is 0.0388. The van der Waals surface area contributed by atoms with Gasteiger partial charge in [-0.3, -0.25) is 4.90 Å². The van der Waals surface area contributed by atoms with E-state index in [1.165, 1.54) is 31.2 Å². The Labute approximate surface area is 164 Å². The van der Waals surface area contributed by atoms with Gasteiger partial charge in [0.1, 0.15) is 18.5 Å². The highest BCUT2D eigenvalue weighted by molar-refractivity contribution is 5.28. The van der Waals surface area contributed by atoms with Crippen LogP contribution < -0.4 is 4.74 Å². The fourth-order valence-electron chi connectivity index (χ4n) is 4.16. The number of nitrogens with zero attached hydrogens (tertiary/aromatic N) is 2. The summed E-state index contributed by atoms with van der Waals surface area (Å²) in [4.78, 5) is 4.85. The monoisotopic (exact) mass is 376 g/mol. The third kappa shape index (κ3) is 7.07. The number of rotatable bonds is 8. The van der Waals surface area contributed by atoms with Crippen molar-refractivity contribution in [2.45, 2.75) is 57.3 Å². The number of methoxy groups -OCH3 is 1. The molecule has 1 N–H and O–H groups in total. The molecule has 5 heteroatoms. The van der Waals surface area contributed by atoms with E-state index >= 15 is 0 Å². The van der Waals surface area contributed by atoms with Gasteiger partial charge in [0.05, 0.1) is 6.10 Å². The molecule has 0 unspecified atom stereocenters. The Morgan fingerprint density at radius 3 is 2.48 bits per heavy atom. The smallest absolute Gasteiger partial charge is 0.119 e. The quantitative estimate of drug-likeness (QED) is 0.756. The van der Waals surface area contributed by atoms with Crippen LogP contribution in [0.25, 0.3) is 0 Å². The van der Waals surface area contributed by atoms with Gasteiger partial charge in [0.15, 0.2) is 0 Å². The molecule has 0 aliphatic carbocycles. The first-order chi connectivity index (χ1) is 13.2. The number of ether oxygens (including phenoxy) is 2. The highest BCUT2D eigenvalue weighted by Crippen LogP contribution is 2.19. The Morgan fingerprint density at radius 2 is 1.78 bits per heavy atom. The molecule has 27 heavy (non-hydrogen) atoms. The molecule has 1 atom stereocenters. The molecule has 5 nitrogen and oxygen atoms in total. The minimum atomic E-state index is -0.431. The Balaban J connectivity index is 1.42. The van der Waals surface area contributed by atoms with Gasteiger partial charge >= 0.3 is 0 Å². The van der Waals surface area contributed by atoms with Gasteiger partial charge in [-0.15, -0.1) is 0 Å². The molecule has 152 valence electrons. The van der Waals surface area contributed by atoms with Crippen LogP contribution in [0.15, 0.2) is 24.3 Å². The zero-order valence-corrected chi connectivity index (χ0v) is 16.8. The molecule has 1 aromatic carbocycles. The maximum absolute atomic E-state index is 10.3. The number of likely N-dealkylation sites (tertiary alicyclic amines) is 2. The van der Waals surface area contributed by atoms with Crippen LogP contribution in [-0.4, -0.2) is 73.6 Å². The molecule has 2 saturated heterocycles. The zero-order chi connectivity index (χ0) is 18.9. The molecule has 0 aromatic heterocycles. The lowest BCUT2D eigenvalue weighted by Crippen LogP contribution is -2.36. The molecule has 0 radical (unpaired) electrons. The Morgan fingerprint density at radius 1 is 1.04 bits per heavy atom. The van der Waals surface area contributed by atoms with Gasteiger partial charge in [0.2, 0.25) is 0 Å². The molecule has 2 fully saturated rings. The average Bonchev–Trinajstić information content (AvgIpc) is 2.96. The topological polar surface area (TPSA) is 45.2 Å². The van der Waals surface area contributed by atoms with E-state index in [4.69, 9.17) is 9.47 Å².